The number of ketones is 1. The second kappa shape index (κ2) is 5.19. The largest absolute Gasteiger partial charge is 0.378 e. The maximum absolute atomic E-state index is 12.0. The van der Waals surface area contributed by atoms with Gasteiger partial charge in [-0.15, -0.1) is 0 Å². The minimum Gasteiger partial charge on any atom is -0.378 e. The quantitative estimate of drug-likeness (QED) is 0.760. The Morgan fingerprint density at radius 1 is 1.65 bits per heavy atom. The predicted molar refractivity (Wildman–Crippen MR) is 65.3 cm³/mol. The number of hydrogen-bond donors (Lipinski definition) is 0. The number of aryl methyl sites for hydroxylation is 1. The number of hydrogen-bond acceptors (Lipinski definition) is 3. The molecule has 0 aromatic carbocycles. The van der Waals surface area contributed by atoms with E-state index in [1.54, 1.807) is 11.7 Å². The summed E-state index contributed by atoms with van der Waals surface area (Å²) in [4.78, 5) is 12.0. The molecule has 1 fully saturated rings. The topological polar surface area (TPSA) is 44.1 Å². The van der Waals surface area contributed by atoms with Crippen LogP contribution in [-0.4, -0.2) is 28.3 Å². The smallest absolute Gasteiger partial charge is 0.182 e. The summed E-state index contributed by atoms with van der Waals surface area (Å²) in [5.41, 5.74) is 0.520. The van der Waals surface area contributed by atoms with Crippen molar-refractivity contribution in [3.63, 3.8) is 0 Å². The molecule has 4 nitrogen and oxygen atoms in total. The highest BCUT2D eigenvalue weighted by Gasteiger charge is 2.32. The van der Waals surface area contributed by atoms with Crippen LogP contribution in [0.1, 0.15) is 36.7 Å². The van der Waals surface area contributed by atoms with Crippen molar-refractivity contribution in [2.45, 2.75) is 32.3 Å². The van der Waals surface area contributed by atoms with E-state index in [-0.39, 0.29) is 5.78 Å². The van der Waals surface area contributed by atoms with Gasteiger partial charge in [-0.25, -0.2) is 0 Å². The Kier molecular flexibility index (Phi) is 3.84. The monoisotopic (exact) mass is 256 g/mol. The lowest BCUT2D eigenvalue weighted by atomic mass is 9.78. The number of rotatable bonds is 5. The van der Waals surface area contributed by atoms with Gasteiger partial charge < -0.3 is 4.74 Å². The molecule has 0 saturated heterocycles. The van der Waals surface area contributed by atoms with Crippen molar-refractivity contribution in [3.05, 3.63) is 16.9 Å². The number of Topliss-reactive ketones (excluding diaryl/α,β-unsaturated/α-hetero) is 1. The molecule has 17 heavy (non-hydrogen) atoms. The minimum atomic E-state index is 0.0787. The van der Waals surface area contributed by atoms with Gasteiger partial charge in [0.2, 0.25) is 0 Å². The van der Waals surface area contributed by atoms with Gasteiger partial charge in [0.1, 0.15) is 5.69 Å². The third kappa shape index (κ3) is 2.69. The van der Waals surface area contributed by atoms with Crippen molar-refractivity contribution in [3.8, 4) is 0 Å². The van der Waals surface area contributed by atoms with E-state index in [1.807, 2.05) is 6.92 Å². The van der Waals surface area contributed by atoms with E-state index in [1.165, 1.54) is 6.20 Å². The molecule has 1 aliphatic rings. The van der Waals surface area contributed by atoms with Gasteiger partial charge in [-0.05, 0) is 25.7 Å². The molecule has 0 atom stereocenters. The van der Waals surface area contributed by atoms with Crippen LogP contribution in [0.15, 0.2) is 6.20 Å². The molecule has 1 heterocycles. The molecule has 0 N–H and O–H groups in total. The van der Waals surface area contributed by atoms with Gasteiger partial charge in [0.15, 0.2) is 5.78 Å². The van der Waals surface area contributed by atoms with Gasteiger partial charge in [0.05, 0.1) is 17.3 Å². The second-order valence-electron chi connectivity index (χ2n) is 4.51. The van der Waals surface area contributed by atoms with Gasteiger partial charge >= 0.3 is 0 Å². The molecular weight excluding hydrogens is 240 g/mol. The second-order valence-corrected chi connectivity index (χ2v) is 4.91. The van der Waals surface area contributed by atoms with Crippen LogP contribution in [0.5, 0.6) is 0 Å². The summed E-state index contributed by atoms with van der Waals surface area (Å²) >= 11 is 5.93. The average Bonchev–Trinajstić information content (AvgIpc) is 2.55. The van der Waals surface area contributed by atoms with Crippen LogP contribution in [0.3, 0.4) is 0 Å². The van der Waals surface area contributed by atoms with Crippen molar-refractivity contribution < 1.29 is 9.53 Å². The fraction of sp³-hybridized carbons (Fsp3) is 0.667. The highest BCUT2D eigenvalue weighted by Crippen LogP contribution is 2.34. The fourth-order valence-electron chi connectivity index (χ4n) is 2.30. The number of nitrogens with zero attached hydrogens (tertiary/aromatic N) is 2. The summed E-state index contributed by atoms with van der Waals surface area (Å²) < 4.78 is 7.02. The molecular formula is C12H17ClN2O2. The van der Waals surface area contributed by atoms with Gasteiger partial charge in [0, 0.05) is 20.1 Å². The van der Waals surface area contributed by atoms with Crippen molar-refractivity contribution in [2.24, 2.45) is 13.0 Å². The summed E-state index contributed by atoms with van der Waals surface area (Å²) in [5.74, 6) is 0.514. The molecule has 1 aromatic heterocycles. The third-order valence-corrected chi connectivity index (χ3v) is 3.50. The number of aromatic nitrogens is 2. The Morgan fingerprint density at radius 3 is 2.88 bits per heavy atom. The van der Waals surface area contributed by atoms with Crippen LogP contribution in [-0.2, 0) is 11.8 Å². The molecule has 94 valence electrons. The van der Waals surface area contributed by atoms with Gasteiger partial charge in [-0.3, -0.25) is 9.48 Å². The van der Waals surface area contributed by atoms with E-state index in [0.29, 0.717) is 29.2 Å². The van der Waals surface area contributed by atoms with E-state index in [2.05, 4.69) is 5.10 Å². The van der Waals surface area contributed by atoms with Crippen LogP contribution in [0.4, 0.5) is 0 Å². The molecule has 1 saturated carbocycles. The van der Waals surface area contributed by atoms with E-state index in [9.17, 15) is 4.79 Å². The first kappa shape index (κ1) is 12.6. The minimum absolute atomic E-state index is 0.0787. The number of ether oxygens (including phenoxy) is 1. The summed E-state index contributed by atoms with van der Waals surface area (Å²) in [6.45, 7) is 2.74. The zero-order chi connectivity index (χ0) is 12.4. The van der Waals surface area contributed by atoms with E-state index in [0.717, 1.165) is 19.4 Å². The van der Waals surface area contributed by atoms with E-state index >= 15 is 0 Å². The molecule has 0 amide bonds. The zero-order valence-electron chi connectivity index (χ0n) is 10.1. The normalized spacial score (nSPS) is 23.5. The van der Waals surface area contributed by atoms with Crippen molar-refractivity contribution in [1.29, 1.82) is 0 Å². The lowest BCUT2D eigenvalue weighted by Crippen LogP contribution is -2.33. The zero-order valence-corrected chi connectivity index (χ0v) is 10.9. The Labute approximate surface area is 106 Å². The fourth-order valence-corrected chi connectivity index (χ4v) is 2.57. The molecule has 1 aliphatic carbocycles. The first-order chi connectivity index (χ1) is 8.11. The van der Waals surface area contributed by atoms with Gasteiger partial charge in [0.25, 0.3) is 0 Å². The third-order valence-electron chi connectivity index (χ3n) is 3.23. The first-order valence-corrected chi connectivity index (χ1v) is 6.32. The Hall–Kier alpha value is -0.870. The molecule has 0 spiro atoms. The molecule has 0 bridgehead atoms. The Bertz CT molecular complexity index is 391. The summed E-state index contributed by atoms with van der Waals surface area (Å²) in [7, 11) is 1.74. The number of carbonyl (C=O) groups is 1. The van der Waals surface area contributed by atoms with E-state index in [4.69, 9.17) is 16.3 Å². The Balaban J connectivity index is 1.87. The van der Waals surface area contributed by atoms with Crippen molar-refractivity contribution in [1.82, 2.24) is 9.78 Å². The lowest BCUT2D eigenvalue weighted by Gasteiger charge is -2.34. The van der Waals surface area contributed by atoms with Crippen LogP contribution in [0.2, 0.25) is 5.02 Å². The maximum Gasteiger partial charge on any atom is 0.182 e. The maximum atomic E-state index is 12.0. The molecule has 0 radical (unpaired) electrons. The van der Waals surface area contributed by atoms with Crippen LogP contribution < -0.4 is 0 Å². The van der Waals surface area contributed by atoms with Crippen molar-refractivity contribution in [2.75, 3.05) is 6.61 Å². The Morgan fingerprint density at radius 2 is 2.35 bits per heavy atom. The summed E-state index contributed by atoms with van der Waals surface area (Å²) in [6, 6.07) is 0. The summed E-state index contributed by atoms with van der Waals surface area (Å²) in [5, 5.41) is 4.41. The molecule has 2 rings (SSSR count). The first-order valence-electron chi connectivity index (χ1n) is 5.94. The van der Waals surface area contributed by atoms with E-state index < -0.39 is 0 Å². The lowest BCUT2D eigenvalue weighted by molar-refractivity contribution is -0.0246. The highest BCUT2D eigenvalue weighted by molar-refractivity contribution is 6.33. The van der Waals surface area contributed by atoms with Gasteiger partial charge in [-0.1, -0.05) is 11.6 Å². The molecule has 0 unspecified atom stereocenters. The molecule has 1 aromatic rings. The van der Waals surface area contributed by atoms with Crippen LogP contribution >= 0.6 is 11.6 Å². The number of carbonyl (C=O) groups excluding carboxylic acids is 1. The molecule has 0 aliphatic heterocycles. The van der Waals surface area contributed by atoms with Crippen LogP contribution in [0.25, 0.3) is 0 Å². The standard InChI is InChI=1S/C12H17ClN2O2/c1-3-17-9-4-8(5-9)6-11(16)12-10(13)7-14-15(12)2/h7-9H,3-6H2,1-2H3. The summed E-state index contributed by atoms with van der Waals surface area (Å²) in [6.07, 6.45) is 4.37. The van der Waals surface area contributed by atoms with Crippen LogP contribution in [0, 0.1) is 5.92 Å². The van der Waals surface area contributed by atoms with Gasteiger partial charge in [-0.2, -0.15) is 5.10 Å². The average molecular weight is 257 g/mol. The predicted octanol–water partition coefficient (Wildman–Crippen LogP) is 2.46. The number of halogens is 1. The SMILES string of the molecule is CCOC1CC(CC(=O)c2c(Cl)cnn2C)C1. The molecule has 5 heteroatoms. The van der Waals surface area contributed by atoms with Crippen molar-refractivity contribution >= 4 is 17.4 Å². The highest BCUT2D eigenvalue weighted by atomic mass is 35.5.